The Kier molecular flexibility index (Phi) is 4.67. The Balaban J connectivity index is 2.16. The molecular weight excluding hydrogens is 230 g/mol. The molecule has 1 fully saturated rings. The van der Waals surface area contributed by atoms with E-state index in [1.54, 1.807) is 0 Å². The summed E-state index contributed by atoms with van der Waals surface area (Å²) in [6, 6.07) is 8.95. The van der Waals surface area contributed by atoms with Crippen LogP contribution in [0.25, 0.3) is 0 Å². The highest BCUT2D eigenvalue weighted by molar-refractivity contribution is 5.30. The van der Waals surface area contributed by atoms with Crippen molar-refractivity contribution in [1.82, 2.24) is 0 Å². The average molecular weight is 259 g/mol. The molecule has 2 N–H and O–H groups in total. The molecule has 0 heterocycles. The van der Waals surface area contributed by atoms with Gasteiger partial charge in [0.2, 0.25) is 0 Å². The SMILES string of the molecule is CCc1cccc(C2(N)CCCC(CC(C)C)C2)c1. The molecule has 0 aliphatic heterocycles. The smallest absolute Gasteiger partial charge is 0.0412 e. The molecule has 0 aromatic heterocycles. The molecule has 1 aliphatic rings. The lowest BCUT2D eigenvalue weighted by Crippen LogP contribution is -2.41. The van der Waals surface area contributed by atoms with Crippen molar-refractivity contribution >= 4 is 0 Å². The van der Waals surface area contributed by atoms with Gasteiger partial charge in [-0.3, -0.25) is 0 Å². The van der Waals surface area contributed by atoms with Crippen LogP contribution in [0.2, 0.25) is 0 Å². The van der Waals surface area contributed by atoms with Crippen molar-refractivity contribution in [2.24, 2.45) is 17.6 Å². The van der Waals surface area contributed by atoms with Crippen molar-refractivity contribution < 1.29 is 0 Å². The van der Waals surface area contributed by atoms with E-state index in [0.29, 0.717) is 0 Å². The number of benzene rings is 1. The zero-order chi connectivity index (χ0) is 13.9. The zero-order valence-electron chi connectivity index (χ0n) is 12.8. The molecule has 0 bridgehead atoms. The van der Waals surface area contributed by atoms with E-state index in [1.165, 1.54) is 36.8 Å². The first-order chi connectivity index (χ1) is 9.03. The fraction of sp³-hybridized carbons (Fsp3) is 0.667. The predicted octanol–water partition coefficient (Wildman–Crippen LogP) is 4.64. The van der Waals surface area contributed by atoms with E-state index in [4.69, 9.17) is 5.73 Å². The van der Waals surface area contributed by atoms with Gasteiger partial charge in [-0.25, -0.2) is 0 Å². The fourth-order valence-electron chi connectivity index (χ4n) is 3.66. The van der Waals surface area contributed by atoms with Gasteiger partial charge in [0.15, 0.2) is 0 Å². The lowest BCUT2D eigenvalue weighted by atomic mass is 9.70. The van der Waals surface area contributed by atoms with Crippen molar-refractivity contribution in [2.75, 3.05) is 0 Å². The summed E-state index contributed by atoms with van der Waals surface area (Å²) in [7, 11) is 0. The summed E-state index contributed by atoms with van der Waals surface area (Å²) in [5.41, 5.74) is 9.46. The van der Waals surface area contributed by atoms with Gasteiger partial charge in [-0.1, -0.05) is 57.9 Å². The number of rotatable bonds is 4. The van der Waals surface area contributed by atoms with Gasteiger partial charge in [0.25, 0.3) is 0 Å². The first-order valence-electron chi connectivity index (χ1n) is 7.92. The third-order valence-corrected chi connectivity index (χ3v) is 4.60. The van der Waals surface area contributed by atoms with E-state index in [1.807, 2.05) is 0 Å². The van der Waals surface area contributed by atoms with Crippen LogP contribution in [0.15, 0.2) is 24.3 Å². The molecule has 0 saturated heterocycles. The van der Waals surface area contributed by atoms with Crippen molar-refractivity contribution in [3.8, 4) is 0 Å². The first-order valence-corrected chi connectivity index (χ1v) is 7.92. The minimum absolute atomic E-state index is 0.0804. The van der Waals surface area contributed by atoms with E-state index >= 15 is 0 Å². The van der Waals surface area contributed by atoms with Crippen LogP contribution in [0.1, 0.15) is 64.0 Å². The minimum Gasteiger partial charge on any atom is -0.321 e. The normalized spacial score (nSPS) is 27.7. The number of aryl methyl sites for hydroxylation is 1. The molecule has 2 unspecified atom stereocenters. The Bertz CT molecular complexity index is 410. The number of hydrogen-bond donors (Lipinski definition) is 1. The molecule has 1 heteroatoms. The second-order valence-corrected chi connectivity index (χ2v) is 6.80. The third kappa shape index (κ3) is 3.60. The molecule has 1 aliphatic carbocycles. The number of nitrogens with two attached hydrogens (primary N) is 1. The minimum atomic E-state index is -0.0804. The van der Waals surface area contributed by atoms with Gasteiger partial charge in [-0.05, 0) is 48.6 Å². The largest absolute Gasteiger partial charge is 0.321 e. The van der Waals surface area contributed by atoms with Crippen molar-refractivity contribution in [1.29, 1.82) is 0 Å². The molecule has 1 aromatic rings. The zero-order valence-corrected chi connectivity index (χ0v) is 12.8. The summed E-state index contributed by atoms with van der Waals surface area (Å²) < 4.78 is 0. The highest BCUT2D eigenvalue weighted by Gasteiger charge is 2.34. The molecule has 106 valence electrons. The van der Waals surface area contributed by atoms with E-state index in [0.717, 1.165) is 24.7 Å². The van der Waals surface area contributed by atoms with Crippen LogP contribution in [0.3, 0.4) is 0 Å². The molecule has 19 heavy (non-hydrogen) atoms. The van der Waals surface area contributed by atoms with E-state index in [2.05, 4.69) is 45.0 Å². The maximum Gasteiger partial charge on any atom is 0.0412 e. The summed E-state index contributed by atoms with van der Waals surface area (Å²) in [4.78, 5) is 0. The van der Waals surface area contributed by atoms with Crippen molar-refractivity contribution in [2.45, 2.75) is 64.8 Å². The summed E-state index contributed by atoms with van der Waals surface area (Å²) in [5.74, 6) is 1.60. The molecular formula is C18H29N. The molecule has 0 amide bonds. The Morgan fingerprint density at radius 1 is 1.37 bits per heavy atom. The van der Waals surface area contributed by atoms with E-state index in [-0.39, 0.29) is 5.54 Å². The van der Waals surface area contributed by atoms with Gasteiger partial charge < -0.3 is 5.73 Å². The topological polar surface area (TPSA) is 26.0 Å². The van der Waals surface area contributed by atoms with Crippen LogP contribution in [-0.2, 0) is 12.0 Å². The average Bonchev–Trinajstić information content (AvgIpc) is 2.38. The molecule has 1 nitrogen and oxygen atoms in total. The van der Waals surface area contributed by atoms with Crippen LogP contribution < -0.4 is 5.73 Å². The highest BCUT2D eigenvalue weighted by Crippen LogP contribution is 2.40. The van der Waals surface area contributed by atoms with E-state index in [9.17, 15) is 0 Å². The third-order valence-electron chi connectivity index (χ3n) is 4.60. The van der Waals surface area contributed by atoms with Crippen LogP contribution in [-0.4, -0.2) is 0 Å². The quantitative estimate of drug-likeness (QED) is 0.837. The fourth-order valence-corrected chi connectivity index (χ4v) is 3.66. The van der Waals surface area contributed by atoms with Crippen molar-refractivity contribution in [3.63, 3.8) is 0 Å². The maximum absolute atomic E-state index is 6.77. The molecule has 0 radical (unpaired) electrons. The van der Waals surface area contributed by atoms with Crippen LogP contribution >= 0.6 is 0 Å². The second-order valence-electron chi connectivity index (χ2n) is 6.80. The lowest BCUT2D eigenvalue weighted by Gasteiger charge is -2.39. The van der Waals surface area contributed by atoms with Crippen LogP contribution in [0.5, 0.6) is 0 Å². The van der Waals surface area contributed by atoms with Gasteiger partial charge >= 0.3 is 0 Å². The summed E-state index contributed by atoms with van der Waals surface area (Å²) in [5, 5.41) is 0. The molecule has 2 rings (SSSR count). The summed E-state index contributed by atoms with van der Waals surface area (Å²) in [6.45, 7) is 6.86. The molecule has 1 saturated carbocycles. The Morgan fingerprint density at radius 2 is 2.16 bits per heavy atom. The Hall–Kier alpha value is -0.820. The van der Waals surface area contributed by atoms with Gasteiger partial charge in [0.1, 0.15) is 0 Å². The maximum atomic E-state index is 6.77. The van der Waals surface area contributed by atoms with Gasteiger partial charge in [-0.2, -0.15) is 0 Å². The van der Waals surface area contributed by atoms with Crippen molar-refractivity contribution in [3.05, 3.63) is 35.4 Å². The van der Waals surface area contributed by atoms with Crippen LogP contribution in [0.4, 0.5) is 0 Å². The summed E-state index contributed by atoms with van der Waals surface area (Å²) in [6.07, 6.45) is 7.38. The highest BCUT2D eigenvalue weighted by atomic mass is 14.8. The predicted molar refractivity (Wildman–Crippen MR) is 83.1 cm³/mol. The number of hydrogen-bond acceptors (Lipinski definition) is 1. The molecule has 2 atom stereocenters. The van der Waals surface area contributed by atoms with Crippen LogP contribution in [0, 0.1) is 11.8 Å². The Morgan fingerprint density at radius 3 is 2.84 bits per heavy atom. The molecule has 1 aromatic carbocycles. The second kappa shape index (κ2) is 6.09. The monoisotopic (exact) mass is 259 g/mol. The first kappa shape index (κ1) is 14.6. The summed E-state index contributed by atoms with van der Waals surface area (Å²) >= 11 is 0. The van der Waals surface area contributed by atoms with E-state index < -0.39 is 0 Å². The Labute approximate surface area is 118 Å². The van der Waals surface area contributed by atoms with Gasteiger partial charge in [0.05, 0.1) is 0 Å². The lowest BCUT2D eigenvalue weighted by molar-refractivity contribution is 0.202. The van der Waals surface area contributed by atoms with Gasteiger partial charge in [0, 0.05) is 5.54 Å². The van der Waals surface area contributed by atoms with Gasteiger partial charge in [-0.15, -0.1) is 0 Å². The molecule has 0 spiro atoms. The standard InChI is InChI=1S/C18H29N/c1-4-15-7-5-9-17(12-15)18(19)10-6-8-16(13-18)11-14(2)3/h5,7,9,12,14,16H,4,6,8,10-11,13,19H2,1-3H3.